The van der Waals surface area contributed by atoms with Gasteiger partial charge in [-0.15, -0.1) is 0 Å². The highest BCUT2D eigenvalue weighted by atomic mass is 16.2. The number of para-hydroxylation sites is 1. The molecule has 6 nitrogen and oxygen atoms in total. The first kappa shape index (κ1) is 16.7. The minimum atomic E-state index is -0.0532. The molecule has 1 amide bonds. The van der Waals surface area contributed by atoms with E-state index < -0.39 is 0 Å². The van der Waals surface area contributed by atoms with Crippen LogP contribution in [0.1, 0.15) is 21.5 Å². The summed E-state index contributed by atoms with van der Waals surface area (Å²) in [5, 5.41) is 7.36. The lowest BCUT2D eigenvalue weighted by atomic mass is 10.2. The molecule has 0 radical (unpaired) electrons. The van der Waals surface area contributed by atoms with Crippen LogP contribution in [0.3, 0.4) is 0 Å². The maximum absolute atomic E-state index is 12.6. The molecule has 25 heavy (non-hydrogen) atoms. The molecule has 3 aromatic rings. The van der Waals surface area contributed by atoms with E-state index in [1.165, 1.54) is 0 Å². The SMILES string of the molecule is CNc1cc(C(=O)N(C)Cc2cnn(-c3ccccc3C)c2)ccn1. The molecule has 0 aliphatic carbocycles. The lowest BCUT2D eigenvalue weighted by molar-refractivity contribution is 0.0785. The molecular formula is C19H21N5O. The topological polar surface area (TPSA) is 63.1 Å². The third kappa shape index (κ3) is 3.68. The van der Waals surface area contributed by atoms with E-state index in [4.69, 9.17) is 0 Å². The maximum atomic E-state index is 12.6. The number of nitrogens with one attached hydrogen (secondary N) is 1. The van der Waals surface area contributed by atoms with E-state index in [-0.39, 0.29) is 5.91 Å². The summed E-state index contributed by atoms with van der Waals surface area (Å²) in [6, 6.07) is 11.5. The average molecular weight is 335 g/mol. The third-order valence-electron chi connectivity index (χ3n) is 4.03. The van der Waals surface area contributed by atoms with Crippen molar-refractivity contribution in [2.75, 3.05) is 19.4 Å². The van der Waals surface area contributed by atoms with E-state index in [0.717, 1.165) is 16.8 Å². The van der Waals surface area contributed by atoms with Gasteiger partial charge in [0.05, 0.1) is 11.9 Å². The van der Waals surface area contributed by atoms with Gasteiger partial charge in [-0.3, -0.25) is 4.79 Å². The summed E-state index contributed by atoms with van der Waals surface area (Å²) in [5.74, 6) is 0.620. The molecule has 0 atom stereocenters. The lowest BCUT2D eigenvalue weighted by Gasteiger charge is -2.16. The van der Waals surface area contributed by atoms with Crippen LogP contribution < -0.4 is 5.32 Å². The Morgan fingerprint density at radius 1 is 1.28 bits per heavy atom. The van der Waals surface area contributed by atoms with Crippen molar-refractivity contribution < 1.29 is 4.79 Å². The van der Waals surface area contributed by atoms with Crippen molar-refractivity contribution in [2.45, 2.75) is 13.5 Å². The van der Waals surface area contributed by atoms with Crippen LogP contribution in [0.4, 0.5) is 5.82 Å². The Bertz CT molecular complexity index is 887. The van der Waals surface area contributed by atoms with Crippen molar-refractivity contribution in [1.29, 1.82) is 0 Å². The Morgan fingerprint density at radius 3 is 2.84 bits per heavy atom. The number of carbonyl (C=O) groups excluding carboxylic acids is 1. The van der Waals surface area contributed by atoms with E-state index in [0.29, 0.717) is 17.9 Å². The fourth-order valence-electron chi connectivity index (χ4n) is 2.66. The van der Waals surface area contributed by atoms with Gasteiger partial charge >= 0.3 is 0 Å². The zero-order valence-electron chi connectivity index (χ0n) is 14.6. The minimum Gasteiger partial charge on any atom is -0.373 e. The van der Waals surface area contributed by atoms with Crippen LogP contribution in [-0.4, -0.2) is 39.7 Å². The molecule has 0 aliphatic rings. The van der Waals surface area contributed by atoms with Gasteiger partial charge in [-0.05, 0) is 30.7 Å². The zero-order chi connectivity index (χ0) is 17.8. The smallest absolute Gasteiger partial charge is 0.254 e. The molecule has 0 spiro atoms. The fourth-order valence-corrected chi connectivity index (χ4v) is 2.66. The molecule has 0 fully saturated rings. The number of hydrogen-bond acceptors (Lipinski definition) is 4. The Labute approximate surface area is 147 Å². The second kappa shape index (κ2) is 7.17. The monoisotopic (exact) mass is 335 g/mol. The molecule has 2 heterocycles. The molecule has 0 saturated carbocycles. The number of nitrogens with zero attached hydrogens (tertiary/aromatic N) is 4. The molecular weight excluding hydrogens is 314 g/mol. The highest BCUT2D eigenvalue weighted by Gasteiger charge is 2.14. The summed E-state index contributed by atoms with van der Waals surface area (Å²) in [6.07, 6.45) is 5.38. The number of benzene rings is 1. The number of rotatable bonds is 5. The predicted molar refractivity (Wildman–Crippen MR) is 97.9 cm³/mol. The van der Waals surface area contributed by atoms with E-state index >= 15 is 0 Å². The predicted octanol–water partition coefficient (Wildman–Crippen LogP) is 2.89. The highest BCUT2D eigenvalue weighted by molar-refractivity contribution is 5.94. The second-order valence-corrected chi connectivity index (χ2v) is 5.92. The molecule has 0 aliphatic heterocycles. The van der Waals surface area contributed by atoms with Crippen molar-refractivity contribution in [3.8, 4) is 5.69 Å². The molecule has 1 aromatic carbocycles. The highest BCUT2D eigenvalue weighted by Crippen LogP contribution is 2.15. The van der Waals surface area contributed by atoms with Gasteiger partial charge in [-0.25, -0.2) is 9.67 Å². The number of pyridine rings is 1. The fraction of sp³-hybridized carbons (Fsp3) is 0.211. The molecule has 3 rings (SSSR count). The molecule has 1 N–H and O–H groups in total. The van der Waals surface area contributed by atoms with Gasteiger partial charge in [-0.2, -0.15) is 5.10 Å². The van der Waals surface area contributed by atoms with Crippen LogP contribution in [0, 0.1) is 6.92 Å². The van der Waals surface area contributed by atoms with Crippen LogP contribution in [0.15, 0.2) is 55.0 Å². The maximum Gasteiger partial charge on any atom is 0.254 e. The summed E-state index contributed by atoms with van der Waals surface area (Å²) in [5.41, 5.74) is 3.77. The Morgan fingerprint density at radius 2 is 2.08 bits per heavy atom. The summed E-state index contributed by atoms with van der Waals surface area (Å²) >= 11 is 0. The summed E-state index contributed by atoms with van der Waals surface area (Å²) < 4.78 is 1.84. The van der Waals surface area contributed by atoms with Crippen LogP contribution in [0.5, 0.6) is 0 Å². The van der Waals surface area contributed by atoms with Gasteiger partial charge in [0.15, 0.2) is 0 Å². The van der Waals surface area contributed by atoms with E-state index in [9.17, 15) is 4.79 Å². The molecule has 6 heteroatoms. The van der Waals surface area contributed by atoms with Gasteiger partial charge in [0.1, 0.15) is 5.82 Å². The van der Waals surface area contributed by atoms with E-state index in [1.807, 2.05) is 29.1 Å². The molecule has 0 saturated heterocycles. The van der Waals surface area contributed by atoms with Crippen LogP contribution >= 0.6 is 0 Å². The first-order chi connectivity index (χ1) is 12.1. The number of aryl methyl sites for hydroxylation is 1. The van der Waals surface area contributed by atoms with Crippen molar-refractivity contribution >= 4 is 11.7 Å². The summed E-state index contributed by atoms with van der Waals surface area (Å²) in [4.78, 5) is 18.4. The number of hydrogen-bond donors (Lipinski definition) is 1. The minimum absolute atomic E-state index is 0.0532. The Kier molecular flexibility index (Phi) is 4.79. The van der Waals surface area contributed by atoms with Gasteiger partial charge < -0.3 is 10.2 Å². The van der Waals surface area contributed by atoms with Gasteiger partial charge in [0, 0.05) is 44.2 Å². The van der Waals surface area contributed by atoms with Crippen molar-refractivity contribution in [3.05, 3.63) is 71.7 Å². The number of aromatic nitrogens is 3. The lowest BCUT2D eigenvalue weighted by Crippen LogP contribution is -2.26. The quantitative estimate of drug-likeness (QED) is 0.779. The largest absolute Gasteiger partial charge is 0.373 e. The van der Waals surface area contributed by atoms with Gasteiger partial charge in [0.2, 0.25) is 0 Å². The number of amides is 1. The van der Waals surface area contributed by atoms with E-state index in [2.05, 4.69) is 28.4 Å². The van der Waals surface area contributed by atoms with Crippen molar-refractivity contribution in [2.24, 2.45) is 0 Å². The third-order valence-corrected chi connectivity index (χ3v) is 4.03. The summed E-state index contributed by atoms with van der Waals surface area (Å²) in [7, 11) is 3.56. The van der Waals surface area contributed by atoms with Gasteiger partial charge in [-0.1, -0.05) is 18.2 Å². The van der Waals surface area contributed by atoms with Crippen molar-refractivity contribution in [3.63, 3.8) is 0 Å². The van der Waals surface area contributed by atoms with Gasteiger partial charge in [0.25, 0.3) is 5.91 Å². The van der Waals surface area contributed by atoms with Crippen LogP contribution in [-0.2, 0) is 6.54 Å². The normalized spacial score (nSPS) is 10.5. The Hall–Kier alpha value is -3.15. The van der Waals surface area contributed by atoms with Crippen molar-refractivity contribution in [1.82, 2.24) is 19.7 Å². The van der Waals surface area contributed by atoms with Crippen LogP contribution in [0.2, 0.25) is 0 Å². The van der Waals surface area contributed by atoms with Crippen LogP contribution in [0.25, 0.3) is 5.69 Å². The molecule has 0 unspecified atom stereocenters. The molecule has 128 valence electrons. The molecule has 0 bridgehead atoms. The zero-order valence-corrected chi connectivity index (χ0v) is 14.6. The second-order valence-electron chi connectivity index (χ2n) is 5.92. The molecule has 2 aromatic heterocycles. The first-order valence-electron chi connectivity index (χ1n) is 8.07. The first-order valence-corrected chi connectivity index (χ1v) is 8.07. The average Bonchev–Trinajstić information content (AvgIpc) is 3.09. The number of anilines is 1. The summed E-state index contributed by atoms with van der Waals surface area (Å²) in [6.45, 7) is 2.54. The standard InChI is InChI=1S/C19H21N5O/c1-14-6-4-5-7-17(14)24-13-15(11-22-24)12-23(3)19(25)16-8-9-21-18(10-16)20-2/h4-11,13H,12H2,1-3H3,(H,20,21). The number of carbonyl (C=O) groups is 1. The van der Waals surface area contributed by atoms with E-state index in [1.54, 1.807) is 43.5 Å². The Balaban J connectivity index is 1.74.